The van der Waals surface area contributed by atoms with Gasteiger partial charge in [0.25, 0.3) is 0 Å². The molecule has 1 aromatic heterocycles. The normalized spacial score (nSPS) is 17.9. The van der Waals surface area contributed by atoms with Crippen molar-refractivity contribution in [1.82, 2.24) is 15.5 Å². The Kier molecular flexibility index (Phi) is 5.62. The largest absolute Gasteiger partial charge is 0.379 e. The number of morpholine rings is 1. The Bertz CT molecular complexity index is 377. The monoisotopic (exact) mass is 283 g/mol. The van der Waals surface area contributed by atoms with Gasteiger partial charge in [0.2, 0.25) is 0 Å². The molecule has 1 aliphatic heterocycles. The summed E-state index contributed by atoms with van der Waals surface area (Å²) in [6.45, 7) is 6.96. The van der Waals surface area contributed by atoms with E-state index in [0.717, 1.165) is 37.7 Å². The average Bonchev–Trinajstić information content (AvgIpc) is 2.90. The van der Waals surface area contributed by atoms with Gasteiger partial charge in [0, 0.05) is 30.6 Å². The molecule has 106 valence electrons. The van der Waals surface area contributed by atoms with E-state index in [2.05, 4.69) is 15.5 Å². The molecular formula is C13H21N3O2S. The van der Waals surface area contributed by atoms with Crippen molar-refractivity contribution in [2.24, 2.45) is 0 Å². The second-order valence-corrected chi connectivity index (χ2v) is 5.75. The Hall–Kier alpha value is -1.11. The van der Waals surface area contributed by atoms with Crippen molar-refractivity contribution in [3.63, 3.8) is 0 Å². The molecule has 0 unspecified atom stereocenters. The van der Waals surface area contributed by atoms with Gasteiger partial charge in [-0.2, -0.15) is 0 Å². The van der Waals surface area contributed by atoms with Crippen molar-refractivity contribution in [3.8, 4) is 0 Å². The maximum Gasteiger partial charge on any atom is 0.315 e. The van der Waals surface area contributed by atoms with Crippen LogP contribution in [0.2, 0.25) is 0 Å². The minimum atomic E-state index is -0.103. The Balaban J connectivity index is 1.63. The van der Waals surface area contributed by atoms with E-state index in [4.69, 9.17) is 4.74 Å². The van der Waals surface area contributed by atoms with Crippen LogP contribution in [0.15, 0.2) is 17.5 Å². The maximum absolute atomic E-state index is 11.7. The van der Waals surface area contributed by atoms with Crippen LogP contribution in [0.5, 0.6) is 0 Å². The lowest BCUT2D eigenvalue weighted by Crippen LogP contribution is -2.48. The molecule has 2 amide bonds. The first kappa shape index (κ1) is 14.3. The van der Waals surface area contributed by atoms with Gasteiger partial charge in [-0.1, -0.05) is 6.07 Å². The van der Waals surface area contributed by atoms with Crippen LogP contribution in [-0.2, 0) is 11.3 Å². The summed E-state index contributed by atoms with van der Waals surface area (Å²) in [6, 6.07) is 4.04. The fourth-order valence-electron chi connectivity index (χ4n) is 2.07. The molecule has 1 atom stereocenters. The predicted molar refractivity (Wildman–Crippen MR) is 76.4 cm³/mol. The minimum Gasteiger partial charge on any atom is -0.379 e. The second kappa shape index (κ2) is 7.47. The number of carbonyl (C=O) groups excluding carboxylic acids is 1. The zero-order chi connectivity index (χ0) is 13.5. The standard InChI is InChI=1S/C13H21N3O2S/c1-11(10-16-4-6-18-7-5-16)15-13(17)14-9-12-3-2-8-19-12/h2-3,8,11H,4-7,9-10H2,1H3,(H2,14,15,17)/t11-/m0/s1. The third-order valence-electron chi connectivity index (χ3n) is 3.02. The number of rotatable bonds is 5. The van der Waals surface area contributed by atoms with E-state index < -0.39 is 0 Å². The number of hydrogen-bond donors (Lipinski definition) is 2. The van der Waals surface area contributed by atoms with Gasteiger partial charge in [0.1, 0.15) is 0 Å². The molecule has 0 saturated carbocycles. The number of carbonyl (C=O) groups is 1. The van der Waals surface area contributed by atoms with Crippen LogP contribution in [0.3, 0.4) is 0 Å². The number of amides is 2. The lowest BCUT2D eigenvalue weighted by atomic mass is 10.3. The van der Waals surface area contributed by atoms with E-state index in [-0.39, 0.29) is 12.1 Å². The molecule has 19 heavy (non-hydrogen) atoms. The maximum atomic E-state index is 11.7. The molecule has 1 aliphatic rings. The van der Waals surface area contributed by atoms with Crippen LogP contribution in [-0.4, -0.2) is 49.8 Å². The first-order chi connectivity index (χ1) is 9.24. The van der Waals surface area contributed by atoms with E-state index in [1.807, 2.05) is 24.4 Å². The number of thiophene rings is 1. The first-order valence-corrected chi connectivity index (χ1v) is 7.49. The molecule has 1 saturated heterocycles. The van der Waals surface area contributed by atoms with Gasteiger partial charge in [-0.3, -0.25) is 4.90 Å². The zero-order valence-corrected chi connectivity index (χ0v) is 12.0. The summed E-state index contributed by atoms with van der Waals surface area (Å²) in [5.74, 6) is 0. The number of ether oxygens (including phenoxy) is 1. The van der Waals surface area contributed by atoms with Gasteiger partial charge in [-0.15, -0.1) is 11.3 Å². The topological polar surface area (TPSA) is 53.6 Å². The molecule has 1 aromatic rings. The summed E-state index contributed by atoms with van der Waals surface area (Å²) >= 11 is 1.65. The van der Waals surface area contributed by atoms with Crippen LogP contribution in [0.25, 0.3) is 0 Å². The summed E-state index contributed by atoms with van der Waals surface area (Å²) in [5.41, 5.74) is 0. The summed E-state index contributed by atoms with van der Waals surface area (Å²) < 4.78 is 5.30. The second-order valence-electron chi connectivity index (χ2n) is 4.72. The smallest absolute Gasteiger partial charge is 0.315 e. The highest BCUT2D eigenvalue weighted by atomic mass is 32.1. The molecule has 0 spiro atoms. The average molecular weight is 283 g/mol. The third-order valence-corrected chi connectivity index (χ3v) is 3.89. The Morgan fingerprint density at radius 1 is 1.53 bits per heavy atom. The Morgan fingerprint density at radius 2 is 2.32 bits per heavy atom. The number of nitrogens with one attached hydrogen (secondary N) is 2. The highest BCUT2D eigenvalue weighted by Crippen LogP contribution is 2.07. The molecule has 0 aliphatic carbocycles. The van der Waals surface area contributed by atoms with E-state index in [1.165, 1.54) is 0 Å². The van der Waals surface area contributed by atoms with Gasteiger partial charge in [0.05, 0.1) is 19.8 Å². The molecule has 2 heterocycles. The molecular weight excluding hydrogens is 262 g/mol. The van der Waals surface area contributed by atoms with Crippen molar-refractivity contribution < 1.29 is 9.53 Å². The highest BCUT2D eigenvalue weighted by molar-refractivity contribution is 7.09. The van der Waals surface area contributed by atoms with Crippen LogP contribution < -0.4 is 10.6 Å². The molecule has 2 N–H and O–H groups in total. The van der Waals surface area contributed by atoms with E-state index in [1.54, 1.807) is 11.3 Å². The number of nitrogens with zero attached hydrogens (tertiary/aromatic N) is 1. The van der Waals surface area contributed by atoms with Crippen LogP contribution >= 0.6 is 11.3 Å². The molecule has 0 radical (unpaired) electrons. The summed E-state index contributed by atoms with van der Waals surface area (Å²) in [4.78, 5) is 15.2. The van der Waals surface area contributed by atoms with Crippen LogP contribution in [0.4, 0.5) is 4.79 Å². The van der Waals surface area contributed by atoms with Crippen LogP contribution in [0.1, 0.15) is 11.8 Å². The SMILES string of the molecule is C[C@@H](CN1CCOCC1)NC(=O)NCc1cccs1. The number of hydrogen-bond acceptors (Lipinski definition) is 4. The molecule has 1 fully saturated rings. The summed E-state index contributed by atoms with van der Waals surface area (Å²) in [5, 5.41) is 7.84. The van der Waals surface area contributed by atoms with Gasteiger partial charge in [-0.25, -0.2) is 4.79 Å². The summed E-state index contributed by atoms with van der Waals surface area (Å²) in [7, 11) is 0. The Morgan fingerprint density at radius 3 is 3.00 bits per heavy atom. The van der Waals surface area contributed by atoms with Crippen molar-refractivity contribution >= 4 is 17.4 Å². The zero-order valence-electron chi connectivity index (χ0n) is 11.2. The van der Waals surface area contributed by atoms with Crippen LogP contribution in [0, 0.1) is 0 Å². The number of urea groups is 1. The highest BCUT2D eigenvalue weighted by Gasteiger charge is 2.14. The molecule has 0 bridgehead atoms. The quantitative estimate of drug-likeness (QED) is 0.855. The first-order valence-electron chi connectivity index (χ1n) is 6.61. The molecule has 5 nitrogen and oxygen atoms in total. The van der Waals surface area contributed by atoms with Gasteiger partial charge >= 0.3 is 6.03 Å². The molecule has 0 aromatic carbocycles. The molecule has 6 heteroatoms. The lowest BCUT2D eigenvalue weighted by Gasteiger charge is -2.29. The molecule has 2 rings (SSSR count). The van der Waals surface area contributed by atoms with E-state index in [0.29, 0.717) is 6.54 Å². The predicted octanol–water partition coefficient (Wildman–Crippen LogP) is 1.27. The van der Waals surface area contributed by atoms with Crippen molar-refractivity contribution in [1.29, 1.82) is 0 Å². The fourth-order valence-corrected chi connectivity index (χ4v) is 2.72. The minimum absolute atomic E-state index is 0.103. The van der Waals surface area contributed by atoms with Crippen molar-refractivity contribution in [3.05, 3.63) is 22.4 Å². The van der Waals surface area contributed by atoms with Gasteiger partial charge < -0.3 is 15.4 Å². The summed E-state index contributed by atoms with van der Waals surface area (Å²) in [6.07, 6.45) is 0. The van der Waals surface area contributed by atoms with Gasteiger partial charge in [-0.05, 0) is 18.4 Å². The fraction of sp³-hybridized carbons (Fsp3) is 0.615. The van der Waals surface area contributed by atoms with Gasteiger partial charge in [0.15, 0.2) is 0 Å². The third kappa shape index (κ3) is 5.18. The van der Waals surface area contributed by atoms with E-state index >= 15 is 0 Å². The van der Waals surface area contributed by atoms with Crippen molar-refractivity contribution in [2.75, 3.05) is 32.8 Å². The van der Waals surface area contributed by atoms with E-state index in [9.17, 15) is 4.79 Å². The Labute approximate surface area is 117 Å². The lowest BCUT2D eigenvalue weighted by molar-refractivity contribution is 0.0349. The van der Waals surface area contributed by atoms with Crippen molar-refractivity contribution in [2.45, 2.75) is 19.5 Å².